The molecule has 4 nitrogen and oxygen atoms in total. The van der Waals surface area contributed by atoms with Crippen LogP contribution in [0.2, 0.25) is 0 Å². The van der Waals surface area contributed by atoms with Gasteiger partial charge in [-0.3, -0.25) is 0 Å². The molecule has 1 saturated heterocycles. The van der Waals surface area contributed by atoms with E-state index in [0.29, 0.717) is 11.6 Å². The van der Waals surface area contributed by atoms with Crippen molar-refractivity contribution in [2.45, 2.75) is 65.0 Å². The molecule has 1 aromatic heterocycles. The molecule has 0 unspecified atom stereocenters. The topological polar surface area (TPSA) is 58.0 Å². The van der Waals surface area contributed by atoms with Gasteiger partial charge in [0.05, 0.1) is 11.4 Å². The Morgan fingerprint density at radius 2 is 1.72 bits per heavy atom. The summed E-state index contributed by atoms with van der Waals surface area (Å²) in [6, 6.07) is 9.63. The monoisotopic (exact) mass is 339 g/mol. The number of nitrogens with zero attached hydrogens (tertiary/aromatic N) is 2. The summed E-state index contributed by atoms with van der Waals surface area (Å²) < 4.78 is 0. The van der Waals surface area contributed by atoms with Crippen molar-refractivity contribution in [1.82, 2.24) is 15.5 Å². The minimum absolute atomic E-state index is 0.146. The zero-order chi connectivity index (χ0) is 18.2. The lowest BCUT2D eigenvalue weighted by molar-refractivity contribution is 0.128. The maximum atomic E-state index is 10.1. The molecule has 1 aliphatic rings. The Morgan fingerprint density at radius 3 is 2.28 bits per heavy atom. The second kappa shape index (κ2) is 6.41. The summed E-state index contributed by atoms with van der Waals surface area (Å²) in [4.78, 5) is 0. The standard InChI is InChI=1S/C21H29N3O/c1-14-6-8-17(19(25)10-14)18-9-7-16(22-23-18)11-15-12-20(2,3)24-21(4,5)13-15/h6-10,15,24-25H,11-13H2,1-5H3. The lowest BCUT2D eigenvalue weighted by Gasteiger charge is -2.46. The molecule has 1 aromatic carbocycles. The largest absolute Gasteiger partial charge is 0.507 e. The van der Waals surface area contributed by atoms with Gasteiger partial charge in [0.2, 0.25) is 0 Å². The van der Waals surface area contributed by atoms with E-state index in [-0.39, 0.29) is 16.8 Å². The second-order valence-electron chi connectivity index (χ2n) is 8.80. The quantitative estimate of drug-likeness (QED) is 0.877. The third-order valence-corrected chi connectivity index (χ3v) is 4.92. The maximum absolute atomic E-state index is 10.1. The molecule has 2 N–H and O–H groups in total. The van der Waals surface area contributed by atoms with Gasteiger partial charge in [0, 0.05) is 16.6 Å². The summed E-state index contributed by atoms with van der Waals surface area (Å²) in [5.41, 5.74) is 3.79. The van der Waals surface area contributed by atoms with Gasteiger partial charge in [-0.15, -0.1) is 0 Å². The predicted octanol–water partition coefficient (Wildman–Crippen LogP) is 4.26. The summed E-state index contributed by atoms with van der Waals surface area (Å²) in [6.07, 6.45) is 3.22. The molecule has 0 bridgehead atoms. The van der Waals surface area contributed by atoms with E-state index in [2.05, 4.69) is 43.2 Å². The summed E-state index contributed by atoms with van der Waals surface area (Å²) in [5.74, 6) is 0.850. The number of phenols is 1. The molecule has 1 fully saturated rings. The molecule has 0 aliphatic carbocycles. The highest BCUT2D eigenvalue weighted by Gasteiger charge is 2.37. The third-order valence-electron chi connectivity index (χ3n) is 4.92. The number of piperidine rings is 1. The summed E-state index contributed by atoms with van der Waals surface area (Å²) >= 11 is 0. The Balaban J connectivity index is 1.74. The van der Waals surface area contributed by atoms with Crippen molar-refractivity contribution in [3.8, 4) is 17.0 Å². The number of hydrogen-bond acceptors (Lipinski definition) is 4. The van der Waals surface area contributed by atoms with Crippen molar-refractivity contribution in [3.05, 3.63) is 41.6 Å². The van der Waals surface area contributed by atoms with Crippen LogP contribution in [0.25, 0.3) is 11.3 Å². The SMILES string of the molecule is Cc1ccc(-c2ccc(CC3CC(C)(C)NC(C)(C)C3)nn2)c(O)c1. The van der Waals surface area contributed by atoms with Gasteiger partial charge in [0.15, 0.2) is 0 Å². The molecule has 1 aliphatic heterocycles. The number of phenolic OH excluding ortho intramolecular Hbond substituents is 1. The maximum Gasteiger partial charge on any atom is 0.125 e. The normalized spacial score (nSPS) is 19.7. The van der Waals surface area contributed by atoms with E-state index < -0.39 is 0 Å². The molecule has 0 spiro atoms. The number of benzene rings is 1. The van der Waals surface area contributed by atoms with E-state index in [1.807, 2.05) is 31.2 Å². The smallest absolute Gasteiger partial charge is 0.125 e. The fraction of sp³-hybridized carbons (Fsp3) is 0.524. The minimum Gasteiger partial charge on any atom is -0.507 e. The van der Waals surface area contributed by atoms with E-state index in [9.17, 15) is 5.11 Å². The molecule has 0 radical (unpaired) electrons. The third kappa shape index (κ3) is 4.37. The molecule has 0 saturated carbocycles. The van der Waals surface area contributed by atoms with E-state index >= 15 is 0 Å². The Hall–Kier alpha value is -1.94. The van der Waals surface area contributed by atoms with Crippen molar-refractivity contribution < 1.29 is 5.11 Å². The summed E-state index contributed by atoms with van der Waals surface area (Å²) in [7, 11) is 0. The lowest BCUT2D eigenvalue weighted by atomic mass is 9.74. The fourth-order valence-electron chi connectivity index (χ4n) is 4.44. The zero-order valence-corrected chi connectivity index (χ0v) is 15.9. The van der Waals surface area contributed by atoms with Gasteiger partial charge in [0.25, 0.3) is 0 Å². The minimum atomic E-state index is 0.146. The van der Waals surface area contributed by atoms with Crippen LogP contribution < -0.4 is 5.32 Å². The molecule has 0 atom stereocenters. The van der Waals surface area contributed by atoms with Crippen LogP contribution in [0, 0.1) is 12.8 Å². The first-order valence-corrected chi connectivity index (χ1v) is 9.05. The Bertz CT molecular complexity index is 734. The highest BCUT2D eigenvalue weighted by molar-refractivity contribution is 5.66. The van der Waals surface area contributed by atoms with E-state index in [1.54, 1.807) is 6.07 Å². The van der Waals surface area contributed by atoms with E-state index in [1.165, 1.54) is 0 Å². The van der Waals surface area contributed by atoms with Gasteiger partial charge in [-0.2, -0.15) is 10.2 Å². The number of aromatic nitrogens is 2. The van der Waals surface area contributed by atoms with Gasteiger partial charge < -0.3 is 10.4 Å². The number of rotatable bonds is 3. The van der Waals surface area contributed by atoms with Gasteiger partial charge >= 0.3 is 0 Å². The van der Waals surface area contributed by atoms with Gasteiger partial charge in [-0.25, -0.2) is 0 Å². The molecule has 134 valence electrons. The average molecular weight is 339 g/mol. The zero-order valence-electron chi connectivity index (χ0n) is 15.9. The number of nitrogens with one attached hydrogen (secondary N) is 1. The Kier molecular flexibility index (Phi) is 4.58. The number of aryl methyl sites for hydroxylation is 1. The first kappa shape index (κ1) is 17.9. The van der Waals surface area contributed by atoms with Crippen molar-refractivity contribution in [2.24, 2.45) is 5.92 Å². The Morgan fingerprint density at radius 1 is 1.04 bits per heavy atom. The number of hydrogen-bond donors (Lipinski definition) is 2. The molecule has 4 heteroatoms. The van der Waals surface area contributed by atoms with Crippen molar-refractivity contribution in [2.75, 3.05) is 0 Å². The van der Waals surface area contributed by atoms with Crippen LogP contribution in [-0.2, 0) is 6.42 Å². The highest BCUT2D eigenvalue weighted by atomic mass is 16.3. The first-order valence-electron chi connectivity index (χ1n) is 9.05. The molecule has 3 rings (SSSR count). The molecular weight excluding hydrogens is 310 g/mol. The van der Waals surface area contributed by atoms with Crippen LogP contribution in [0.3, 0.4) is 0 Å². The first-order chi connectivity index (χ1) is 11.6. The van der Waals surface area contributed by atoms with Crippen molar-refractivity contribution >= 4 is 0 Å². The fourth-order valence-corrected chi connectivity index (χ4v) is 4.44. The molecule has 0 amide bonds. The van der Waals surface area contributed by atoms with Crippen LogP contribution in [0.1, 0.15) is 51.8 Å². The van der Waals surface area contributed by atoms with Crippen LogP contribution in [0.4, 0.5) is 0 Å². The molecule has 2 aromatic rings. The summed E-state index contributed by atoms with van der Waals surface area (Å²) in [5, 5.41) is 22.6. The van der Waals surface area contributed by atoms with Crippen molar-refractivity contribution in [3.63, 3.8) is 0 Å². The highest BCUT2D eigenvalue weighted by Crippen LogP contribution is 2.34. The molecular formula is C21H29N3O. The second-order valence-corrected chi connectivity index (χ2v) is 8.80. The average Bonchev–Trinajstić information content (AvgIpc) is 2.45. The number of aromatic hydroxyl groups is 1. The Labute approximate surface area is 150 Å². The van der Waals surface area contributed by atoms with Crippen LogP contribution in [-0.4, -0.2) is 26.4 Å². The van der Waals surface area contributed by atoms with Crippen LogP contribution in [0.5, 0.6) is 5.75 Å². The van der Waals surface area contributed by atoms with E-state index in [0.717, 1.165) is 36.1 Å². The van der Waals surface area contributed by atoms with Gasteiger partial charge in [0.1, 0.15) is 5.75 Å². The van der Waals surface area contributed by atoms with Gasteiger partial charge in [-0.05, 0) is 89.6 Å². The predicted molar refractivity (Wildman–Crippen MR) is 102 cm³/mol. The van der Waals surface area contributed by atoms with Gasteiger partial charge in [-0.1, -0.05) is 6.07 Å². The lowest BCUT2D eigenvalue weighted by Crippen LogP contribution is -2.58. The molecule has 2 heterocycles. The summed E-state index contributed by atoms with van der Waals surface area (Å²) in [6.45, 7) is 11.1. The van der Waals surface area contributed by atoms with Crippen molar-refractivity contribution in [1.29, 1.82) is 0 Å². The van der Waals surface area contributed by atoms with E-state index in [4.69, 9.17) is 0 Å². The van der Waals surface area contributed by atoms with Crippen LogP contribution in [0.15, 0.2) is 30.3 Å². The van der Waals surface area contributed by atoms with Crippen LogP contribution >= 0.6 is 0 Å². The molecule has 25 heavy (non-hydrogen) atoms.